The van der Waals surface area contributed by atoms with Crippen LogP contribution in [0.25, 0.3) is 5.57 Å². The summed E-state index contributed by atoms with van der Waals surface area (Å²) in [5.41, 5.74) is 4.23. The van der Waals surface area contributed by atoms with Crippen LogP contribution in [0.2, 0.25) is 0 Å². The first-order valence-corrected chi connectivity index (χ1v) is 13.4. The van der Waals surface area contributed by atoms with Gasteiger partial charge in [0.1, 0.15) is 0 Å². The highest BCUT2D eigenvalue weighted by Gasteiger charge is 2.25. The quantitative estimate of drug-likeness (QED) is 0.293. The maximum absolute atomic E-state index is 13.8. The number of hydrogen-bond acceptors (Lipinski definition) is 2. The fraction of sp³-hybridized carbons (Fsp3) is 0.600. The van der Waals surface area contributed by atoms with Crippen molar-refractivity contribution in [1.82, 2.24) is 9.78 Å². The molecule has 0 aliphatic heterocycles. The van der Waals surface area contributed by atoms with Crippen molar-refractivity contribution in [3.63, 3.8) is 0 Å². The van der Waals surface area contributed by atoms with Crippen LogP contribution >= 0.6 is 0 Å². The molecule has 1 aromatic carbocycles. The summed E-state index contributed by atoms with van der Waals surface area (Å²) >= 11 is 0. The van der Waals surface area contributed by atoms with Gasteiger partial charge in [-0.05, 0) is 75.0 Å². The number of nitrogens with zero attached hydrogens (tertiary/aromatic N) is 3. The van der Waals surface area contributed by atoms with Gasteiger partial charge in [0.2, 0.25) is 0 Å². The van der Waals surface area contributed by atoms with Crippen molar-refractivity contribution >= 4 is 17.1 Å². The second kappa shape index (κ2) is 12.1. The van der Waals surface area contributed by atoms with Crippen LogP contribution in [-0.2, 0) is 12.3 Å². The highest BCUT2D eigenvalue weighted by atomic mass is 19.3. The van der Waals surface area contributed by atoms with Gasteiger partial charge in [-0.3, -0.25) is 0 Å². The first kappa shape index (κ1) is 27.3. The van der Waals surface area contributed by atoms with Crippen LogP contribution in [0, 0.1) is 11.8 Å². The predicted octanol–water partition coefficient (Wildman–Crippen LogP) is 9.31. The summed E-state index contributed by atoms with van der Waals surface area (Å²) in [5, 5.41) is 4.76. The van der Waals surface area contributed by atoms with Gasteiger partial charge in [-0.25, -0.2) is 18.5 Å². The Morgan fingerprint density at radius 2 is 1.94 bits per heavy atom. The standard InChI is InChI=1S/C30H43F2N3/c1-7-22(4)27(18-12-14-24-13-11-15-25(19-24)30(6,31)32)23(5)34-29-28(21(2)3)20-33-35(29)26-16-9-8-10-17-26/h11,13,15,19-20,22,26-27H,2,7-10,12,14,16-18H2,1,3-6H3/b34-23+/t22?,27-/m1/s1. The van der Waals surface area contributed by atoms with Crippen LogP contribution in [-0.4, -0.2) is 15.5 Å². The Morgan fingerprint density at radius 1 is 1.23 bits per heavy atom. The van der Waals surface area contributed by atoms with E-state index in [1.54, 1.807) is 12.1 Å². The Hall–Kier alpha value is -2.30. The van der Waals surface area contributed by atoms with Gasteiger partial charge >= 0.3 is 0 Å². The van der Waals surface area contributed by atoms with Crippen molar-refractivity contribution in [2.75, 3.05) is 0 Å². The monoisotopic (exact) mass is 483 g/mol. The number of alkyl halides is 2. The molecule has 3 nitrogen and oxygen atoms in total. The Bertz CT molecular complexity index is 1010. The molecule has 192 valence electrons. The lowest BCUT2D eigenvalue weighted by Gasteiger charge is -2.25. The number of aliphatic imine (C=N–C) groups is 1. The number of allylic oxidation sites excluding steroid dienone is 1. The SMILES string of the molecule is C=C(C)c1cnn(C2CCCCC2)c1/N=C(\C)[C@H](CCCc1cccc(C(C)(F)F)c1)C(C)CC. The number of hydrogen-bond donors (Lipinski definition) is 0. The fourth-order valence-corrected chi connectivity index (χ4v) is 5.33. The second-order valence-electron chi connectivity index (χ2n) is 10.6. The van der Waals surface area contributed by atoms with Crippen LogP contribution in [0.1, 0.15) is 109 Å². The largest absolute Gasteiger partial charge is 0.270 e. The normalized spacial score (nSPS) is 17.4. The number of aryl methyl sites for hydroxylation is 1. The molecule has 1 fully saturated rings. The van der Waals surface area contributed by atoms with E-state index in [9.17, 15) is 8.78 Å². The summed E-state index contributed by atoms with van der Waals surface area (Å²) in [6.45, 7) is 13.8. The molecule has 0 radical (unpaired) electrons. The summed E-state index contributed by atoms with van der Waals surface area (Å²) in [6, 6.07) is 7.27. The van der Waals surface area contributed by atoms with Gasteiger partial charge in [0.15, 0.2) is 5.82 Å². The number of aromatic nitrogens is 2. The minimum atomic E-state index is -2.80. The summed E-state index contributed by atoms with van der Waals surface area (Å²) in [6.07, 6.45) is 11.8. The molecule has 5 heteroatoms. The predicted molar refractivity (Wildman–Crippen MR) is 144 cm³/mol. The molecule has 0 amide bonds. The molecule has 1 aliphatic carbocycles. The number of benzene rings is 1. The van der Waals surface area contributed by atoms with E-state index >= 15 is 0 Å². The van der Waals surface area contributed by atoms with Crippen molar-refractivity contribution in [2.24, 2.45) is 16.8 Å². The zero-order valence-electron chi connectivity index (χ0n) is 22.3. The maximum Gasteiger partial charge on any atom is 0.270 e. The molecule has 2 atom stereocenters. The van der Waals surface area contributed by atoms with Crippen molar-refractivity contribution in [3.8, 4) is 0 Å². The van der Waals surface area contributed by atoms with E-state index in [0.29, 0.717) is 17.9 Å². The summed E-state index contributed by atoms with van der Waals surface area (Å²) in [5.74, 6) is -1.03. The van der Waals surface area contributed by atoms with E-state index in [2.05, 4.69) is 32.0 Å². The highest BCUT2D eigenvalue weighted by Crippen LogP contribution is 2.36. The molecule has 1 saturated carbocycles. The minimum absolute atomic E-state index is 0.0921. The van der Waals surface area contributed by atoms with Gasteiger partial charge in [-0.2, -0.15) is 5.10 Å². The van der Waals surface area contributed by atoms with E-state index in [1.165, 1.54) is 25.3 Å². The Labute approximate surface area is 210 Å². The lowest BCUT2D eigenvalue weighted by molar-refractivity contribution is 0.0174. The average molecular weight is 484 g/mol. The maximum atomic E-state index is 13.8. The fourth-order valence-electron chi connectivity index (χ4n) is 5.33. The smallest absolute Gasteiger partial charge is 0.244 e. The minimum Gasteiger partial charge on any atom is -0.244 e. The van der Waals surface area contributed by atoms with Crippen LogP contribution in [0.3, 0.4) is 0 Å². The first-order chi connectivity index (χ1) is 16.6. The van der Waals surface area contributed by atoms with Crippen molar-refractivity contribution in [2.45, 2.75) is 104 Å². The topological polar surface area (TPSA) is 30.2 Å². The van der Waals surface area contributed by atoms with Gasteiger partial charge in [-0.1, -0.05) is 64.3 Å². The molecule has 3 rings (SSSR count). The Balaban J connectivity index is 1.80. The van der Waals surface area contributed by atoms with Crippen molar-refractivity contribution in [3.05, 3.63) is 53.7 Å². The lowest BCUT2D eigenvalue weighted by Crippen LogP contribution is -2.20. The molecule has 0 spiro atoms. The van der Waals surface area contributed by atoms with Crippen LogP contribution < -0.4 is 0 Å². The molecule has 1 heterocycles. The molecule has 35 heavy (non-hydrogen) atoms. The van der Waals surface area contributed by atoms with Gasteiger partial charge in [0.25, 0.3) is 5.92 Å². The molecule has 2 aromatic rings. The van der Waals surface area contributed by atoms with Crippen LogP contribution in [0.4, 0.5) is 14.6 Å². The summed E-state index contributed by atoms with van der Waals surface area (Å²) < 4.78 is 29.6. The molecular formula is C30H43F2N3. The van der Waals surface area contributed by atoms with Gasteiger partial charge in [0, 0.05) is 23.8 Å². The summed E-state index contributed by atoms with van der Waals surface area (Å²) in [7, 11) is 0. The highest BCUT2D eigenvalue weighted by molar-refractivity contribution is 5.88. The molecule has 1 aliphatic rings. The third-order valence-electron chi connectivity index (χ3n) is 7.71. The number of rotatable bonds is 11. The lowest BCUT2D eigenvalue weighted by atomic mass is 9.83. The number of halogens is 2. The van der Waals surface area contributed by atoms with Crippen LogP contribution in [0.15, 0.2) is 42.0 Å². The van der Waals surface area contributed by atoms with E-state index in [-0.39, 0.29) is 5.56 Å². The molecule has 0 N–H and O–H groups in total. The Morgan fingerprint density at radius 3 is 2.57 bits per heavy atom. The van der Waals surface area contributed by atoms with Gasteiger partial charge in [-0.15, -0.1) is 0 Å². The van der Waals surface area contributed by atoms with Gasteiger partial charge < -0.3 is 0 Å². The molecule has 1 unspecified atom stereocenters. The molecular weight excluding hydrogens is 440 g/mol. The van der Waals surface area contributed by atoms with E-state index in [1.807, 2.05) is 19.2 Å². The third-order valence-corrected chi connectivity index (χ3v) is 7.71. The van der Waals surface area contributed by atoms with Gasteiger partial charge in [0.05, 0.1) is 12.2 Å². The summed E-state index contributed by atoms with van der Waals surface area (Å²) in [4.78, 5) is 5.21. The molecule has 0 saturated heterocycles. The van der Waals surface area contributed by atoms with E-state index < -0.39 is 5.92 Å². The third kappa shape index (κ3) is 7.11. The second-order valence-corrected chi connectivity index (χ2v) is 10.6. The molecule has 0 bridgehead atoms. The van der Waals surface area contributed by atoms with Crippen molar-refractivity contribution < 1.29 is 8.78 Å². The van der Waals surface area contributed by atoms with Crippen LogP contribution in [0.5, 0.6) is 0 Å². The van der Waals surface area contributed by atoms with E-state index in [0.717, 1.165) is 73.7 Å². The zero-order chi connectivity index (χ0) is 25.6. The zero-order valence-corrected chi connectivity index (χ0v) is 22.3. The molecule has 1 aromatic heterocycles. The Kier molecular flexibility index (Phi) is 9.43. The first-order valence-electron chi connectivity index (χ1n) is 13.4. The average Bonchev–Trinajstić information content (AvgIpc) is 3.25. The van der Waals surface area contributed by atoms with E-state index in [4.69, 9.17) is 10.1 Å². The van der Waals surface area contributed by atoms with Crippen molar-refractivity contribution in [1.29, 1.82) is 0 Å².